The molecule has 2 unspecified atom stereocenters. The van der Waals surface area contributed by atoms with Gasteiger partial charge < -0.3 is 10.6 Å². The van der Waals surface area contributed by atoms with Gasteiger partial charge >= 0.3 is 6.18 Å². The Morgan fingerprint density at radius 2 is 1.74 bits per heavy atom. The Balaban J connectivity index is 2.06. The van der Waals surface area contributed by atoms with Crippen LogP contribution >= 0.6 is 0 Å². The normalized spacial score (nSPS) is 21.5. The van der Waals surface area contributed by atoms with Gasteiger partial charge in [-0.05, 0) is 37.0 Å². The number of piperazine rings is 1. The van der Waals surface area contributed by atoms with Crippen LogP contribution in [0.15, 0.2) is 36.9 Å². The van der Waals surface area contributed by atoms with Gasteiger partial charge in [0.2, 0.25) is 11.8 Å². The molecule has 0 spiro atoms. The lowest BCUT2D eigenvalue weighted by atomic mass is 9.99. The molecule has 124 valence electrons. The molecule has 0 saturated carbocycles. The van der Waals surface area contributed by atoms with E-state index in [1.165, 1.54) is 12.1 Å². The molecule has 2 amide bonds. The number of hydrogen-bond donors (Lipinski definition) is 2. The summed E-state index contributed by atoms with van der Waals surface area (Å²) >= 11 is 0. The minimum Gasteiger partial charge on any atom is -0.342 e. The van der Waals surface area contributed by atoms with Crippen molar-refractivity contribution in [2.75, 3.05) is 0 Å². The molecule has 1 aromatic rings. The van der Waals surface area contributed by atoms with Gasteiger partial charge in [-0.2, -0.15) is 13.2 Å². The molecule has 1 aliphatic rings. The fourth-order valence-electron chi connectivity index (χ4n) is 2.40. The zero-order chi connectivity index (χ0) is 17.0. The van der Waals surface area contributed by atoms with E-state index in [9.17, 15) is 22.8 Å². The average molecular weight is 326 g/mol. The van der Waals surface area contributed by atoms with Gasteiger partial charge in [0.15, 0.2) is 0 Å². The van der Waals surface area contributed by atoms with E-state index < -0.39 is 29.7 Å². The van der Waals surface area contributed by atoms with Crippen LogP contribution in [0.1, 0.15) is 36.4 Å². The summed E-state index contributed by atoms with van der Waals surface area (Å²) in [6.07, 6.45) is -0.765. The number of benzene rings is 1. The SMILES string of the molecule is C=CCCCC1NC(=O)C(c2ccc(C(F)(F)F)cc2)NC1=O. The highest BCUT2D eigenvalue weighted by Gasteiger charge is 2.35. The van der Waals surface area contributed by atoms with Crippen molar-refractivity contribution in [3.05, 3.63) is 48.0 Å². The van der Waals surface area contributed by atoms with Crippen molar-refractivity contribution in [2.24, 2.45) is 0 Å². The monoisotopic (exact) mass is 326 g/mol. The third-order valence-corrected chi connectivity index (χ3v) is 3.65. The van der Waals surface area contributed by atoms with Crippen molar-refractivity contribution >= 4 is 11.8 Å². The second-order valence-electron chi connectivity index (χ2n) is 5.34. The van der Waals surface area contributed by atoms with E-state index in [-0.39, 0.29) is 5.91 Å². The van der Waals surface area contributed by atoms with Gasteiger partial charge in [-0.1, -0.05) is 18.2 Å². The first-order valence-electron chi connectivity index (χ1n) is 7.21. The second-order valence-corrected chi connectivity index (χ2v) is 5.34. The van der Waals surface area contributed by atoms with Crippen molar-refractivity contribution in [1.82, 2.24) is 10.6 Å². The van der Waals surface area contributed by atoms with E-state index in [1.54, 1.807) is 6.08 Å². The summed E-state index contributed by atoms with van der Waals surface area (Å²) in [7, 11) is 0. The molecule has 23 heavy (non-hydrogen) atoms. The standard InChI is InChI=1S/C16H17F3N2O2/c1-2-3-4-5-12-14(22)21-13(15(23)20-12)10-6-8-11(9-7-10)16(17,18)19/h2,6-9,12-13H,1,3-5H2,(H,20,23)(H,21,22). The maximum atomic E-state index is 12.5. The highest BCUT2D eigenvalue weighted by Crippen LogP contribution is 2.30. The summed E-state index contributed by atoms with van der Waals surface area (Å²) in [5.74, 6) is -0.758. The van der Waals surface area contributed by atoms with Gasteiger partial charge in [-0.15, -0.1) is 6.58 Å². The van der Waals surface area contributed by atoms with E-state index in [1.807, 2.05) is 0 Å². The molecular weight excluding hydrogens is 309 g/mol. The van der Waals surface area contributed by atoms with Gasteiger partial charge in [0, 0.05) is 0 Å². The van der Waals surface area contributed by atoms with Crippen molar-refractivity contribution in [3.63, 3.8) is 0 Å². The van der Waals surface area contributed by atoms with E-state index in [2.05, 4.69) is 17.2 Å². The molecule has 0 aliphatic carbocycles. The Morgan fingerprint density at radius 1 is 1.09 bits per heavy atom. The number of nitrogens with one attached hydrogen (secondary N) is 2. The van der Waals surface area contributed by atoms with E-state index in [0.29, 0.717) is 18.4 Å². The minimum atomic E-state index is -4.44. The van der Waals surface area contributed by atoms with Crippen molar-refractivity contribution in [3.8, 4) is 0 Å². The second kappa shape index (κ2) is 6.85. The quantitative estimate of drug-likeness (QED) is 0.646. The topological polar surface area (TPSA) is 58.2 Å². The number of allylic oxidation sites excluding steroid dienone is 1. The fourth-order valence-corrected chi connectivity index (χ4v) is 2.40. The molecule has 7 heteroatoms. The van der Waals surface area contributed by atoms with Crippen LogP contribution in [0, 0.1) is 0 Å². The predicted molar refractivity (Wildman–Crippen MR) is 78.3 cm³/mol. The average Bonchev–Trinajstić information content (AvgIpc) is 2.50. The lowest BCUT2D eigenvalue weighted by molar-refractivity contribution is -0.137. The Bertz CT molecular complexity index is 596. The van der Waals surface area contributed by atoms with Crippen LogP contribution < -0.4 is 10.6 Å². The first-order chi connectivity index (χ1) is 10.8. The highest BCUT2D eigenvalue weighted by atomic mass is 19.4. The number of halogens is 3. The van der Waals surface area contributed by atoms with Gasteiger partial charge in [-0.25, -0.2) is 0 Å². The summed E-state index contributed by atoms with van der Waals surface area (Å²) in [5.41, 5.74) is -0.487. The van der Waals surface area contributed by atoms with Crippen molar-refractivity contribution < 1.29 is 22.8 Å². The molecule has 2 atom stereocenters. The Morgan fingerprint density at radius 3 is 2.30 bits per heavy atom. The molecular formula is C16H17F3N2O2. The molecule has 1 aromatic carbocycles. The smallest absolute Gasteiger partial charge is 0.342 e. The van der Waals surface area contributed by atoms with Crippen LogP contribution in [0.5, 0.6) is 0 Å². The van der Waals surface area contributed by atoms with Crippen LogP contribution in [-0.4, -0.2) is 17.9 Å². The van der Waals surface area contributed by atoms with Crippen molar-refractivity contribution in [2.45, 2.75) is 37.5 Å². The molecule has 1 fully saturated rings. The lowest BCUT2D eigenvalue weighted by Gasteiger charge is -2.30. The molecule has 2 rings (SSSR count). The minimum absolute atomic E-state index is 0.313. The number of amides is 2. The molecule has 0 aromatic heterocycles. The largest absolute Gasteiger partial charge is 0.416 e. The molecule has 4 nitrogen and oxygen atoms in total. The Hall–Kier alpha value is -2.31. The molecule has 0 radical (unpaired) electrons. The first-order valence-corrected chi connectivity index (χ1v) is 7.21. The summed E-state index contributed by atoms with van der Waals surface area (Å²) < 4.78 is 37.6. The summed E-state index contributed by atoms with van der Waals surface area (Å²) in [6.45, 7) is 3.59. The number of hydrogen-bond acceptors (Lipinski definition) is 2. The number of carbonyl (C=O) groups is 2. The van der Waals surface area contributed by atoms with Gasteiger partial charge in [0.1, 0.15) is 12.1 Å². The molecule has 2 N–H and O–H groups in total. The maximum absolute atomic E-state index is 12.5. The van der Waals surface area contributed by atoms with Gasteiger partial charge in [0.05, 0.1) is 5.56 Å². The Labute approximate surface area is 131 Å². The van der Waals surface area contributed by atoms with Gasteiger partial charge in [0.25, 0.3) is 0 Å². The molecule has 1 saturated heterocycles. The molecule has 0 bridgehead atoms. The van der Waals surface area contributed by atoms with Crippen molar-refractivity contribution in [1.29, 1.82) is 0 Å². The van der Waals surface area contributed by atoms with E-state index >= 15 is 0 Å². The van der Waals surface area contributed by atoms with E-state index in [0.717, 1.165) is 18.6 Å². The summed E-state index contributed by atoms with van der Waals surface area (Å²) in [4.78, 5) is 24.1. The summed E-state index contributed by atoms with van der Waals surface area (Å²) in [5, 5.41) is 5.17. The van der Waals surface area contributed by atoms with Crippen LogP contribution in [0.2, 0.25) is 0 Å². The fraction of sp³-hybridized carbons (Fsp3) is 0.375. The third kappa shape index (κ3) is 4.12. The van der Waals surface area contributed by atoms with Crippen LogP contribution in [0.4, 0.5) is 13.2 Å². The molecule has 1 aliphatic heterocycles. The zero-order valence-electron chi connectivity index (χ0n) is 12.3. The lowest BCUT2D eigenvalue weighted by Crippen LogP contribution is -2.57. The van der Waals surface area contributed by atoms with Crippen LogP contribution in [-0.2, 0) is 15.8 Å². The number of alkyl halides is 3. The van der Waals surface area contributed by atoms with Crippen LogP contribution in [0.3, 0.4) is 0 Å². The number of carbonyl (C=O) groups excluding carboxylic acids is 2. The first kappa shape index (κ1) is 17.1. The predicted octanol–water partition coefficient (Wildman–Crippen LogP) is 2.72. The molecule has 1 heterocycles. The number of unbranched alkanes of at least 4 members (excludes halogenated alkanes) is 1. The summed E-state index contributed by atoms with van der Waals surface area (Å²) in [6, 6.07) is 2.60. The maximum Gasteiger partial charge on any atom is 0.416 e. The van der Waals surface area contributed by atoms with E-state index in [4.69, 9.17) is 0 Å². The van der Waals surface area contributed by atoms with Gasteiger partial charge in [-0.3, -0.25) is 9.59 Å². The van der Waals surface area contributed by atoms with Crippen LogP contribution in [0.25, 0.3) is 0 Å². The highest BCUT2D eigenvalue weighted by molar-refractivity contribution is 5.97. The zero-order valence-corrected chi connectivity index (χ0v) is 12.3. The Kier molecular flexibility index (Phi) is 5.08. The number of rotatable bonds is 5. The third-order valence-electron chi connectivity index (χ3n) is 3.65.